The molecule has 0 aromatic heterocycles. The maximum Gasteiger partial charge on any atom is 0.283 e. The third kappa shape index (κ3) is 2.57. The quantitative estimate of drug-likeness (QED) is 0.546. The molecular formula is C10H17N3O3S. The van der Waals surface area contributed by atoms with Crippen molar-refractivity contribution in [3.05, 3.63) is 0 Å². The van der Waals surface area contributed by atoms with Gasteiger partial charge in [0, 0.05) is 19.6 Å². The zero-order chi connectivity index (χ0) is 12.3. The number of aliphatic imine (C=N–C) groups is 1. The fraction of sp³-hybridized carbons (Fsp3) is 0.900. The van der Waals surface area contributed by atoms with E-state index in [9.17, 15) is 13.2 Å². The molecule has 0 bridgehead atoms. The lowest BCUT2D eigenvalue weighted by Gasteiger charge is -2.31. The number of rotatable bonds is 3. The van der Waals surface area contributed by atoms with Crippen molar-refractivity contribution in [1.82, 2.24) is 8.61 Å². The van der Waals surface area contributed by atoms with Gasteiger partial charge in [-0.1, -0.05) is 6.42 Å². The minimum absolute atomic E-state index is 0.453. The fourth-order valence-corrected chi connectivity index (χ4v) is 4.26. The minimum atomic E-state index is -3.44. The molecule has 0 spiro atoms. The summed E-state index contributed by atoms with van der Waals surface area (Å²) in [6.45, 7) is 1.61. The summed E-state index contributed by atoms with van der Waals surface area (Å²) in [7, 11) is -3.44. The fourth-order valence-electron chi connectivity index (χ4n) is 2.43. The van der Waals surface area contributed by atoms with E-state index >= 15 is 0 Å². The third-order valence-corrected chi connectivity index (χ3v) is 5.35. The van der Waals surface area contributed by atoms with Gasteiger partial charge in [0.2, 0.25) is 6.08 Å². The Morgan fingerprint density at radius 1 is 1.06 bits per heavy atom. The first-order valence-electron chi connectivity index (χ1n) is 6.00. The average molecular weight is 259 g/mol. The van der Waals surface area contributed by atoms with E-state index in [1.54, 1.807) is 0 Å². The second-order valence-electron chi connectivity index (χ2n) is 4.42. The first-order valence-corrected chi connectivity index (χ1v) is 7.40. The monoisotopic (exact) mass is 259 g/mol. The Morgan fingerprint density at radius 2 is 1.76 bits per heavy atom. The number of hydrogen-bond acceptors (Lipinski definition) is 4. The van der Waals surface area contributed by atoms with Crippen LogP contribution in [0, 0.1) is 0 Å². The molecule has 2 aliphatic heterocycles. The molecule has 2 fully saturated rings. The topological polar surface area (TPSA) is 70.0 Å². The summed E-state index contributed by atoms with van der Waals surface area (Å²) >= 11 is 0. The predicted octanol–water partition coefficient (Wildman–Crippen LogP) is 0.475. The van der Waals surface area contributed by atoms with Gasteiger partial charge in [0.15, 0.2) is 0 Å². The molecule has 2 aliphatic rings. The highest BCUT2D eigenvalue weighted by Crippen LogP contribution is 2.25. The summed E-state index contributed by atoms with van der Waals surface area (Å²) in [6.07, 6.45) is 5.20. The molecular weight excluding hydrogens is 242 g/mol. The van der Waals surface area contributed by atoms with Gasteiger partial charge in [-0.3, -0.25) is 0 Å². The number of piperidine rings is 1. The molecule has 0 aromatic rings. The summed E-state index contributed by atoms with van der Waals surface area (Å²) in [6, 6.07) is 0. The molecule has 17 heavy (non-hydrogen) atoms. The standard InChI is InChI=1S/C10H17N3O3S/c14-9-11-10-5-4-8-13(10)17(15,16)12-6-2-1-3-7-12/h10H,1-8H2. The van der Waals surface area contributed by atoms with Gasteiger partial charge in [-0.15, -0.1) is 0 Å². The number of isocyanates is 1. The number of hydrogen-bond donors (Lipinski definition) is 0. The van der Waals surface area contributed by atoms with Crippen LogP contribution in [-0.2, 0) is 15.0 Å². The maximum atomic E-state index is 12.3. The largest absolute Gasteiger partial charge is 0.283 e. The highest BCUT2D eigenvalue weighted by Gasteiger charge is 2.38. The molecule has 0 radical (unpaired) electrons. The third-order valence-electron chi connectivity index (χ3n) is 3.31. The molecule has 2 saturated heterocycles. The zero-order valence-corrected chi connectivity index (χ0v) is 10.5. The van der Waals surface area contributed by atoms with Crippen molar-refractivity contribution in [2.45, 2.75) is 38.3 Å². The Hall–Kier alpha value is -0.750. The van der Waals surface area contributed by atoms with Crippen LogP contribution in [0.15, 0.2) is 4.99 Å². The Morgan fingerprint density at radius 3 is 2.41 bits per heavy atom. The Balaban J connectivity index is 2.16. The number of nitrogens with zero attached hydrogens (tertiary/aromatic N) is 3. The van der Waals surface area contributed by atoms with E-state index in [0.717, 1.165) is 25.7 Å². The Kier molecular flexibility index (Phi) is 3.93. The van der Waals surface area contributed by atoms with Crippen molar-refractivity contribution in [3.63, 3.8) is 0 Å². The lowest BCUT2D eigenvalue weighted by atomic mass is 10.2. The second-order valence-corrected chi connectivity index (χ2v) is 6.30. The summed E-state index contributed by atoms with van der Waals surface area (Å²) < 4.78 is 27.5. The number of carbonyl (C=O) groups excluding carboxylic acids is 1. The SMILES string of the molecule is O=C=NC1CCCN1S(=O)(=O)N1CCCCC1. The highest BCUT2D eigenvalue weighted by molar-refractivity contribution is 7.86. The molecule has 0 saturated carbocycles. The predicted molar refractivity (Wildman–Crippen MR) is 62.2 cm³/mol. The van der Waals surface area contributed by atoms with Crippen LogP contribution in [0.25, 0.3) is 0 Å². The van der Waals surface area contributed by atoms with Crippen molar-refractivity contribution >= 4 is 16.3 Å². The summed E-state index contributed by atoms with van der Waals surface area (Å²) in [5.74, 6) is 0. The van der Waals surface area contributed by atoms with E-state index in [4.69, 9.17) is 0 Å². The maximum absolute atomic E-state index is 12.3. The Bertz CT molecular complexity index is 411. The molecule has 6 nitrogen and oxygen atoms in total. The molecule has 2 rings (SSSR count). The van der Waals surface area contributed by atoms with Gasteiger partial charge in [0.1, 0.15) is 6.17 Å². The van der Waals surface area contributed by atoms with E-state index in [1.165, 1.54) is 14.7 Å². The minimum Gasteiger partial charge on any atom is -0.211 e. The molecule has 0 amide bonds. The van der Waals surface area contributed by atoms with Crippen molar-refractivity contribution in [2.24, 2.45) is 4.99 Å². The summed E-state index contributed by atoms with van der Waals surface area (Å²) in [4.78, 5) is 13.9. The molecule has 1 atom stereocenters. The van der Waals surface area contributed by atoms with Crippen molar-refractivity contribution in [3.8, 4) is 0 Å². The molecule has 0 N–H and O–H groups in total. The molecule has 7 heteroatoms. The van der Waals surface area contributed by atoms with Gasteiger partial charge in [0.25, 0.3) is 10.2 Å². The first kappa shape index (κ1) is 12.7. The molecule has 1 unspecified atom stereocenters. The summed E-state index contributed by atoms with van der Waals surface area (Å²) in [5.41, 5.74) is 0. The van der Waals surface area contributed by atoms with E-state index in [-0.39, 0.29) is 0 Å². The lowest BCUT2D eigenvalue weighted by molar-refractivity contribution is 0.297. The molecule has 2 heterocycles. The van der Waals surface area contributed by atoms with E-state index < -0.39 is 16.4 Å². The lowest BCUT2D eigenvalue weighted by Crippen LogP contribution is -2.47. The van der Waals surface area contributed by atoms with E-state index in [0.29, 0.717) is 26.1 Å². The van der Waals surface area contributed by atoms with Crippen LogP contribution in [0.2, 0.25) is 0 Å². The van der Waals surface area contributed by atoms with Crippen LogP contribution in [0.5, 0.6) is 0 Å². The second kappa shape index (κ2) is 5.27. The summed E-state index contributed by atoms with van der Waals surface area (Å²) in [5, 5.41) is 0. The average Bonchev–Trinajstić information content (AvgIpc) is 2.80. The van der Waals surface area contributed by atoms with Crippen LogP contribution >= 0.6 is 0 Å². The molecule has 0 aromatic carbocycles. The van der Waals surface area contributed by atoms with Gasteiger partial charge in [0.05, 0.1) is 0 Å². The smallest absolute Gasteiger partial charge is 0.211 e. The van der Waals surface area contributed by atoms with E-state index in [2.05, 4.69) is 4.99 Å². The van der Waals surface area contributed by atoms with Crippen LogP contribution in [-0.4, -0.2) is 48.9 Å². The van der Waals surface area contributed by atoms with Crippen LogP contribution in [0.3, 0.4) is 0 Å². The van der Waals surface area contributed by atoms with Crippen LogP contribution in [0.1, 0.15) is 32.1 Å². The van der Waals surface area contributed by atoms with Gasteiger partial charge in [-0.2, -0.15) is 22.0 Å². The van der Waals surface area contributed by atoms with Crippen molar-refractivity contribution in [1.29, 1.82) is 0 Å². The molecule has 96 valence electrons. The van der Waals surface area contributed by atoms with Crippen LogP contribution in [0.4, 0.5) is 0 Å². The zero-order valence-electron chi connectivity index (χ0n) is 9.71. The van der Waals surface area contributed by atoms with Gasteiger partial charge in [-0.25, -0.2) is 4.79 Å². The van der Waals surface area contributed by atoms with Crippen molar-refractivity contribution in [2.75, 3.05) is 19.6 Å². The highest BCUT2D eigenvalue weighted by atomic mass is 32.2. The van der Waals surface area contributed by atoms with Gasteiger partial charge < -0.3 is 0 Å². The van der Waals surface area contributed by atoms with Gasteiger partial charge in [-0.05, 0) is 25.7 Å². The molecule has 0 aliphatic carbocycles. The van der Waals surface area contributed by atoms with Gasteiger partial charge >= 0.3 is 0 Å². The van der Waals surface area contributed by atoms with E-state index in [1.807, 2.05) is 0 Å². The first-order chi connectivity index (χ1) is 8.16. The van der Waals surface area contributed by atoms with Crippen LogP contribution < -0.4 is 0 Å². The normalized spacial score (nSPS) is 27.9. The van der Waals surface area contributed by atoms with Crippen molar-refractivity contribution < 1.29 is 13.2 Å². The Labute approximate surface area is 101 Å².